The van der Waals surface area contributed by atoms with Gasteiger partial charge >= 0.3 is 0 Å². The molecule has 0 bridgehead atoms. The maximum absolute atomic E-state index is 2.48. The predicted octanol–water partition coefficient (Wildman–Crippen LogP) is 18.2. The van der Waals surface area contributed by atoms with E-state index in [1.54, 1.807) is 0 Å². The fourth-order valence-electron chi connectivity index (χ4n) is 11.7. The van der Waals surface area contributed by atoms with Gasteiger partial charge < -0.3 is 9.47 Å². The van der Waals surface area contributed by atoms with Crippen molar-refractivity contribution in [1.29, 1.82) is 0 Å². The van der Waals surface area contributed by atoms with E-state index in [0.29, 0.717) is 0 Å². The monoisotopic (exact) mass is 906 g/mol. The maximum Gasteiger partial charge on any atom is 0.0715 e. The average Bonchev–Trinajstić information content (AvgIpc) is 3.92. The molecule has 0 N–H and O–H groups in total. The number of fused-ring (bicyclic) bond motifs is 6. The molecule has 1 aromatic heterocycles. The first-order valence-electron chi connectivity index (χ1n) is 24.7. The number of para-hydroxylation sites is 3. The van der Waals surface area contributed by atoms with Crippen LogP contribution in [0.5, 0.6) is 0 Å². The van der Waals surface area contributed by atoms with Crippen LogP contribution in [0.15, 0.2) is 267 Å². The fraction of sp³-hybridized carbons (Fsp3) is 0.0435. The van der Waals surface area contributed by atoms with Crippen molar-refractivity contribution in [2.24, 2.45) is 0 Å². The van der Waals surface area contributed by atoms with Crippen molar-refractivity contribution in [2.75, 3.05) is 4.90 Å². The zero-order valence-corrected chi connectivity index (χ0v) is 39.8. The van der Waals surface area contributed by atoms with Gasteiger partial charge in [0.15, 0.2) is 0 Å². The Balaban J connectivity index is 1.03. The summed E-state index contributed by atoms with van der Waals surface area (Å²) in [6, 6.07) is 98.9. The molecule has 0 radical (unpaired) electrons. The molecule has 2 heteroatoms. The van der Waals surface area contributed by atoms with Crippen molar-refractivity contribution >= 4 is 38.9 Å². The van der Waals surface area contributed by atoms with Gasteiger partial charge in [-0.05, 0) is 147 Å². The summed E-state index contributed by atoms with van der Waals surface area (Å²) >= 11 is 0. The molecule has 0 spiro atoms. The molecule has 0 saturated carbocycles. The van der Waals surface area contributed by atoms with E-state index >= 15 is 0 Å². The number of anilines is 3. The zero-order chi connectivity index (χ0) is 47.5. The van der Waals surface area contributed by atoms with E-state index in [4.69, 9.17) is 0 Å². The first-order chi connectivity index (χ1) is 35.0. The van der Waals surface area contributed by atoms with Gasteiger partial charge in [0.1, 0.15) is 0 Å². The molecule has 0 saturated heterocycles. The lowest BCUT2D eigenvalue weighted by molar-refractivity contribution is 0.767. The normalized spacial score (nSPS) is 12.5. The van der Waals surface area contributed by atoms with E-state index in [0.717, 1.165) is 33.9 Å². The Morgan fingerprint density at radius 1 is 0.310 bits per heavy atom. The molecule has 0 aliphatic heterocycles. The number of rotatable bonds is 9. The highest BCUT2D eigenvalue weighted by atomic mass is 15.1. The van der Waals surface area contributed by atoms with Crippen LogP contribution in [0, 0.1) is 13.8 Å². The average molecular weight is 907 g/mol. The Morgan fingerprint density at radius 2 is 0.761 bits per heavy atom. The summed E-state index contributed by atoms with van der Waals surface area (Å²) in [4.78, 5) is 2.45. The van der Waals surface area contributed by atoms with Crippen LogP contribution < -0.4 is 4.90 Å². The standard InChI is InChI=1S/C69H50N2/c1-47-39-48(2)41-52(40-47)50-31-33-51(34-32-50)54-42-53(49-19-7-3-8-20-49)43-60(44-54)70(57-25-13-6-14-26-57)58-35-37-61-62-38-36-59(71-67-29-17-15-27-63(67)64-28-16-18-30-68(64)71)46-66(62)69(65(61)45-58,55-21-9-4-10-22-55)56-23-11-5-12-24-56/h3-46H,1-2H3. The molecule has 1 aliphatic rings. The summed E-state index contributed by atoms with van der Waals surface area (Å²) in [5.41, 5.74) is 23.3. The summed E-state index contributed by atoms with van der Waals surface area (Å²) in [6.07, 6.45) is 0. The second-order valence-electron chi connectivity index (χ2n) is 19.1. The quantitative estimate of drug-likeness (QED) is 0.140. The first-order valence-corrected chi connectivity index (χ1v) is 24.7. The third-order valence-electron chi connectivity index (χ3n) is 14.7. The molecule has 1 heterocycles. The zero-order valence-electron chi connectivity index (χ0n) is 39.8. The van der Waals surface area contributed by atoms with Crippen LogP contribution in [0.1, 0.15) is 33.4 Å². The lowest BCUT2D eigenvalue weighted by Gasteiger charge is -2.35. The van der Waals surface area contributed by atoms with Crippen LogP contribution in [-0.2, 0) is 5.41 Å². The number of aromatic nitrogens is 1. The van der Waals surface area contributed by atoms with Crippen molar-refractivity contribution in [2.45, 2.75) is 19.3 Å². The number of aryl methyl sites for hydroxylation is 2. The van der Waals surface area contributed by atoms with E-state index in [-0.39, 0.29) is 0 Å². The molecule has 0 atom stereocenters. The second-order valence-corrected chi connectivity index (χ2v) is 19.1. The van der Waals surface area contributed by atoms with E-state index in [1.807, 2.05) is 0 Å². The van der Waals surface area contributed by atoms with Gasteiger partial charge in [0.2, 0.25) is 0 Å². The Hall–Kier alpha value is -8.98. The van der Waals surface area contributed by atoms with E-state index < -0.39 is 5.41 Å². The fourth-order valence-corrected chi connectivity index (χ4v) is 11.7. The molecule has 11 aromatic carbocycles. The van der Waals surface area contributed by atoms with Gasteiger partial charge in [0.25, 0.3) is 0 Å². The topological polar surface area (TPSA) is 8.17 Å². The number of hydrogen-bond donors (Lipinski definition) is 0. The summed E-state index contributed by atoms with van der Waals surface area (Å²) in [7, 11) is 0. The molecule has 13 rings (SSSR count). The molecule has 0 unspecified atom stereocenters. The predicted molar refractivity (Wildman–Crippen MR) is 299 cm³/mol. The SMILES string of the molecule is Cc1cc(C)cc(-c2ccc(-c3cc(-c4ccccc4)cc(N(c4ccccc4)c4ccc5c(c4)C(c4ccccc4)(c4ccccc4)c4cc(-n6c7ccccc7c7ccccc76)ccc4-5)c3)cc2)c1. The summed E-state index contributed by atoms with van der Waals surface area (Å²) in [5.74, 6) is 0. The second kappa shape index (κ2) is 17.2. The molecule has 1 aliphatic carbocycles. The third kappa shape index (κ3) is 7.10. The summed E-state index contributed by atoms with van der Waals surface area (Å²) < 4.78 is 2.45. The van der Waals surface area contributed by atoms with Gasteiger partial charge in [-0.25, -0.2) is 0 Å². The molecule has 2 nitrogen and oxygen atoms in total. The lowest BCUT2D eigenvalue weighted by atomic mass is 9.67. The van der Waals surface area contributed by atoms with Crippen LogP contribution in [0.25, 0.3) is 72.0 Å². The number of hydrogen-bond acceptors (Lipinski definition) is 1. The third-order valence-corrected chi connectivity index (χ3v) is 14.7. The van der Waals surface area contributed by atoms with Gasteiger partial charge in [-0.3, -0.25) is 0 Å². The van der Waals surface area contributed by atoms with Crippen LogP contribution in [0.3, 0.4) is 0 Å². The minimum atomic E-state index is -0.644. The highest BCUT2D eigenvalue weighted by Gasteiger charge is 2.47. The van der Waals surface area contributed by atoms with Crippen molar-refractivity contribution in [3.63, 3.8) is 0 Å². The summed E-state index contributed by atoms with van der Waals surface area (Å²) in [5, 5.41) is 2.51. The molecule has 0 amide bonds. The first kappa shape index (κ1) is 42.1. The Bertz CT molecular complexity index is 3810. The lowest BCUT2D eigenvalue weighted by Crippen LogP contribution is -2.29. The smallest absolute Gasteiger partial charge is 0.0715 e. The van der Waals surface area contributed by atoms with Crippen LogP contribution in [0.2, 0.25) is 0 Å². The molecular weight excluding hydrogens is 857 g/mol. The molecule has 12 aromatic rings. The molecular formula is C69H50N2. The largest absolute Gasteiger partial charge is 0.310 e. The van der Waals surface area contributed by atoms with Gasteiger partial charge in [0, 0.05) is 33.5 Å². The Morgan fingerprint density at radius 3 is 1.32 bits per heavy atom. The molecule has 336 valence electrons. The Labute approximate surface area is 416 Å². The number of nitrogens with zero attached hydrogens (tertiary/aromatic N) is 2. The molecule has 71 heavy (non-hydrogen) atoms. The number of benzene rings is 11. The van der Waals surface area contributed by atoms with Crippen LogP contribution >= 0.6 is 0 Å². The molecule has 0 fully saturated rings. The van der Waals surface area contributed by atoms with Gasteiger partial charge in [-0.15, -0.1) is 0 Å². The highest BCUT2D eigenvalue weighted by molar-refractivity contribution is 6.09. The minimum absolute atomic E-state index is 0.644. The van der Waals surface area contributed by atoms with E-state index in [2.05, 4.69) is 290 Å². The Kier molecular flexibility index (Phi) is 10.2. The van der Waals surface area contributed by atoms with Crippen LogP contribution in [0.4, 0.5) is 17.1 Å². The van der Waals surface area contributed by atoms with Gasteiger partial charge in [0.05, 0.1) is 16.4 Å². The van der Waals surface area contributed by atoms with Gasteiger partial charge in [-0.2, -0.15) is 0 Å². The van der Waals surface area contributed by atoms with E-state index in [9.17, 15) is 0 Å². The van der Waals surface area contributed by atoms with Gasteiger partial charge in [-0.1, -0.05) is 211 Å². The van der Waals surface area contributed by atoms with Crippen molar-refractivity contribution in [3.05, 3.63) is 300 Å². The van der Waals surface area contributed by atoms with Crippen molar-refractivity contribution in [3.8, 4) is 50.2 Å². The van der Waals surface area contributed by atoms with Crippen molar-refractivity contribution in [1.82, 2.24) is 4.57 Å². The van der Waals surface area contributed by atoms with Crippen LogP contribution in [-0.4, -0.2) is 4.57 Å². The summed E-state index contributed by atoms with van der Waals surface area (Å²) in [6.45, 7) is 4.35. The maximum atomic E-state index is 2.48. The van der Waals surface area contributed by atoms with E-state index in [1.165, 1.54) is 88.6 Å². The minimum Gasteiger partial charge on any atom is -0.310 e. The van der Waals surface area contributed by atoms with Crippen molar-refractivity contribution < 1.29 is 0 Å². The highest BCUT2D eigenvalue weighted by Crippen LogP contribution is 2.58.